The number of carbonyl (C=O) groups excluding carboxylic acids is 3. The van der Waals surface area contributed by atoms with E-state index >= 15 is 0 Å². The normalized spacial score (nSPS) is 18.4. The van der Waals surface area contributed by atoms with Crippen molar-refractivity contribution in [2.75, 3.05) is 6.54 Å². The fourth-order valence-corrected chi connectivity index (χ4v) is 4.29. The number of hydrogen-bond donors (Lipinski definition) is 2. The van der Waals surface area contributed by atoms with Crippen LogP contribution in [0.25, 0.3) is 0 Å². The molecular formula is C27H30N4O5. The first-order valence-corrected chi connectivity index (χ1v) is 12.0. The number of benzene rings is 2. The summed E-state index contributed by atoms with van der Waals surface area (Å²) in [5.74, 6) is -1.50. The molecule has 9 heteroatoms. The minimum atomic E-state index is -1.31. The number of carbonyl (C=O) groups is 3. The van der Waals surface area contributed by atoms with Gasteiger partial charge in [0.15, 0.2) is 0 Å². The Kier molecular flexibility index (Phi) is 7.99. The second-order valence-corrected chi connectivity index (χ2v) is 9.03. The monoisotopic (exact) mass is 490 g/mol. The van der Waals surface area contributed by atoms with Crippen molar-refractivity contribution in [3.8, 4) is 0 Å². The Morgan fingerprint density at radius 1 is 1.11 bits per heavy atom. The van der Waals surface area contributed by atoms with Crippen LogP contribution in [0.4, 0.5) is 4.79 Å². The molecule has 1 fully saturated rings. The maximum Gasteiger partial charge on any atom is 0.408 e. The van der Waals surface area contributed by atoms with Crippen LogP contribution in [0.1, 0.15) is 36.6 Å². The Morgan fingerprint density at radius 2 is 1.81 bits per heavy atom. The Labute approximate surface area is 209 Å². The van der Waals surface area contributed by atoms with Gasteiger partial charge in [-0.05, 0) is 24.0 Å². The van der Waals surface area contributed by atoms with Gasteiger partial charge in [0.1, 0.15) is 12.1 Å². The van der Waals surface area contributed by atoms with E-state index in [-0.39, 0.29) is 19.6 Å². The second kappa shape index (κ2) is 11.5. The van der Waals surface area contributed by atoms with Crippen molar-refractivity contribution in [1.29, 1.82) is 0 Å². The predicted molar refractivity (Wildman–Crippen MR) is 131 cm³/mol. The van der Waals surface area contributed by atoms with Crippen molar-refractivity contribution in [1.82, 2.24) is 20.3 Å². The smallest absolute Gasteiger partial charge is 0.408 e. The molecule has 1 aromatic heterocycles. The molecule has 4 rings (SSSR count). The molecule has 2 N–H and O–H groups in total. The van der Waals surface area contributed by atoms with Gasteiger partial charge in [-0.1, -0.05) is 67.6 Å². The summed E-state index contributed by atoms with van der Waals surface area (Å²) in [6.45, 7) is 2.05. The molecular weight excluding hydrogens is 460 g/mol. The van der Waals surface area contributed by atoms with Gasteiger partial charge < -0.3 is 19.9 Å². The standard InChI is InChI=1S/C27H30N4O5/c1-20(15-23-17-28-19-29-23)24(32)36-31-14-8-13-27(25(31)33,16-21-9-4-2-5-10-21)30-26(34)35-18-22-11-6-3-7-12-22/h2-7,9-12,17,19-20H,8,13-16,18H2,1H3,(H,28,29)(H,30,34)/t20?,27-/m1/s1. The fourth-order valence-electron chi connectivity index (χ4n) is 4.29. The van der Waals surface area contributed by atoms with Crippen LogP contribution >= 0.6 is 0 Å². The minimum Gasteiger partial charge on any atom is -0.445 e. The van der Waals surface area contributed by atoms with Crippen molar-refractivity contribution in [2.24, 2.45) is 5.92 Å². The second-order valence-electron chi connectivity index (χ2n) is 9.03. The lowest BCUT2D eigenvalue weighted by atomic mass is 9.83. The number of hydrogen-bond acceptors (Lipinski definition) is 6. The zero-order valence-electron chi connectivity index (χ0n) is 20.2. The number of nitrogens with zero attached hydrogens (tertiary/aromatic N) is 2. The molecule has 1 unspecified atom stereocenters. The lowest BCUT2D eigenvalue weighted by molar-refractivity contribution is -0.210. The number of amides is 2. The van der Waals surface area contributed by atoms with Gasteiger partial charge in [0.2, 0.25) is 0 Å². The molecule has 1 saturated heterocycles. The number of hydroxylamine groups is 2. The van der Waals surface area contributed by atoms with Crippen molar-refractivity contribution < 1.29 is 24.0 Å². The van der Waals surface area contributed by atoms with Gasteiger partial charge in [-0.3, -0.25) is 4.79 Å². The Balaban J connectivity index is 1.47. The fraction of sp³-hybridized carbons (Fsp3) is 0.333. The van der Waals surface area contributed by atoms with Gasteiger partial charge in [-0.15, -0.1) is 0 Å². The maximum absolute atomic E-state index is 13.7. The average molecular weight is 491 g/mol. The highest BCUT2D eigenvalue weighted by Crippen LogP contribution is 2.28. The quantitative estimate of drug-likeness (QED) is 0.474. The summed E-state index contributed by atoms with van der Waals surface area (Å²) in [6, 6.07) is 18.7. The topological polar surface area (TPSA) is 114 Å². The summed E-state index contributed by atoms with van der Waals surface area (Å²) >= 11 is 0. The molecule has 0 aliphatic carbocycles. The third-order valence-electron chi connectivity index (χ3n) is 6.19. The third-order valence-corrected chi connectivity index (χ3v) is 6.19. The molecule has 2 amide bonds. The van der Waals surface area contributed by atoms with E-state index in [1.807, 2.05) is 60.7 Å². The molecule has 2 atom stereocenters. The summed E-state index contributed by atoms with van der Waals surface area (Å²) in [5, 5.41) is 3.89. The molecule has 9 nitrogen and oxygen atoms in total. The lowest BCUT2D eigenvalue weighted by Gasteiger charge is -2.40. The first kappa shape index (κ1) is 25.0. The Bertz CT molecular complexity index is 1150. The Hall–Kier alpha value is -4.14. The highest BCUT2D eigenvalue weighted by Gasteiger charge is 2.47. The number of ether oxygens (including phenoxy) is 1. The van der Waals surface area contributed by atoms with Gasteiger partial charge in [0, 0.05) is 24.7 Å². The van der Waals surface area contributed by atoms with E-state index in [4.69, 9.17) is 9.57 Å². The van der Waals surface area contributed by atoms with E-state index in [2.05, 4.69) is 15.3 Å². The van der Waals surface area contributed by atoms with Crippen LogP contribution in [-0.4, -0.2) is 45.1 Å². The summed E-state index contributed by atoms with van der Waals surface area (Å²) < 4.78 is 5.42. The first-order valence-electron chi connectivity index (χ1n) is 12.0. The minimum absolute atomic E-state index is 0.0755. The van der Waals surface area contributed by atoms with Gasteiger partial charge in [-0.25, -0.2) is 14.6 Å². The number of nitrogens with one attached hydrogen (secondary N) is 2. The van der Waals surface area contributed by atoms with Crippen LogP contribution in [0.15, 0.2) is 73.2 Å². The first-order chi connectivity index (χ1) is 17.4. The molecule has 3 aromatic rings. The highest BCUT2D eigenvalue weighted by atomic mass is 16.7. The van der Waals surface area contributed by atoms with Crippen LogP contribution in [-0.2, 0) is 38.6 Å². The summed E-state index contributed by atoms with van der Waals surface area (Å²) in [7, 11) is 0. The van der Waals surface area contributed by atoms with Crippen molar-refractivity contribution >= 4 is 18.0 Å². The van der Waals surface area contributed by atoms with Gasteiger partial charge in [-0.2, -0.15) is 5.06 Å². The van der Waals surface area contributed by atoms with E-state index in [1.54, 1.807) is 19.4 Å². The number of piperidine rings is 1. The van der Waals surface area contributed by atoms with Gasteiger partial charge >= 0.3 is 12.1 Å². The molecule has 0 spiro atoms. The lowest BCUT2D eigenvalue weighted by Crippen LogP contribution is -2.64. The van der Waals surface area contributed by atoms with Crippen LogP contribution in [0.2, 0.25) is 0 Å². The third kappa shape index (κ3) is 6.29. The Morgan fingerprint density at radius 3 is 2.47 bits per heavy atom. The average Bonchev–Trinajstić information content (AvgIpc) is 3.40. The van der Waals surface area contributed by atoms with Crippen LogP contribution in [0.3, 0.4) is 0 Å². The van der Waals surface area contributed by atoms with E-state index in [9.17, 15) is 14.4 Å². The molecule has 0 radical (unpaired) electrons. The van der Waals surface area contributed by atoms with Crippen molar-refractivity contribution in [3.63, 3.8) is 0 Å². The van der Waals surface area contributed by atoms with Gasteiger partial charge in [0.05, 0.1) is 18.8 Å². The number of alkyl carbamates (subject to hydrolysis) is 1. The number of aromatic amines is 1. The number of aromatic nitrogens is 2. The summed E-state index contributed by atoms with van der Waals surface area (Å²) in [6.07, 6.45) is 4.06. The zero-order valence-corrected chi connectivity index (χ0v) is 20.2. The highest BCUT2D eigenvalue weighted by molar-refractivity contribution is 5.91. The van der Waals surface area contributed by atoms with Crippen LogP contribution in [0, 0.1) is 5.92 Å². The van der Waals surface area contributed by atoms with E-state index < -0.39 is 29.4 Å². The summed E-state index contributed by atoms with van der Waals surface area (Å²) in [4.78, 5) is 51.7. The molecule has 188 valence electrons. The SMILES string of the molecule is CC(Cc1cnc[nH]1)C(=O)ON1CCC[C@](Cc2ccccc2)(NC(=O)OCc2ccccc2)C1=O. The number of rotatable bonds is 9. The molecule has 2 aromatic carbocycles. The van der Waals surface area contributed by atoms with Crippen LogP contribution in [0.5, 0.6) is 0 Å². The molecule has 36 heavy (non-hydrogen) atoms. The zero-order chi connectivity index (χ0) is 25.4. The largest absolute Gasteiger partial charge is 0.445 e. The van der Waals surface area contributed by atoms with Crippen LogP contribution < -0.4 is 5.32 Å². The molecule has 0 saturated carbocycles. The molecule has 1 aliphatic heterocycles. The van der Waals surface area contributed by atoms with Crippen molar-refractivity contribution in [3.05, 3.63) is 90.0 Å². The van der Waals surface area contributed by atoms with Gasteiger partial charge in [0.25, 0.3) is 5.91 Å². The maximum atomic E-state index is 13.7. The number of imidazole rings is 1. The van der Waals surface area contributed by atoms with E-state index in [0.29, 0.717) is 19.3 Å². The summed E-state index contributed by atoms with van der Waals surface area (Å²) in [5.41, 5.74) is 1.20. The molecule has 1 aliphatic rings. The molecule has 2 heterocycles. The van der Waals surface area contributed by atoms with E-state index in [0.717, 1.165) is 21.9 Å². The molecule has 0 bridgehead atoms. The number of H-pyrrole nitrogens is 1. The van der Waals surface area contributed by atoms with E-state index in [1.165, 1.54) is 0 Å². The van der Waals surface area contributed by atoms with Crippen molar-refractivity contribution in [2.45, 2.75) is 44.8 Å². The predicted octanol–water partition coefficient (Wildman–Crippen LogP) is 3.58.